The molecule has 4 heterocycles. The van der Waals surface area contributed by atoms with E-state index in [0.717, 1.165) is 0 Å². The fraction of sp³-hybridized carbons (Fsp3) is 0.710. The molecular formula is C31H48N6O7Si. The van der Waals surface area contributed by atoms with E-state index in [-0.39, 0.29) is 23.4 Å². The molecule has 0 saturated carbocycles. The van der Waals surface area contributed by atoms with Crippen molar-refractivity contribution in [2.45, 2.75) is 129 Å². The maximum Gasteiger partial charge on any atom is 0.408 e. The lowest BCUT2D eigenvalue weighted by Crippen LogP contribution is -2.48. The molecule has 2 aromatic rings. The van der Waals surface area contributed by atoms with Gasteiger partial charge in [0.15, 0.2) is 19.9 Å². The van der Waals surface area contributed by atoms with E-state index in [1.165, 1.54) is 10.8 Å². The zero-order valence-corrected chi connectivity index (χ0v) is 29.5. The van der Waals surface area contributed by atoms with Crippen LogP contribution in [0.3, 0.4) is 0 Å². The van der Waals surface area contributed by atoms with Crippen LogP contribution in [0, 0.1) is 17.2 Å². The number of carbonyl (C=O) groups excluding carboxylic acids is 2. The summed E-state index contributed by atoms with van der Waals surface area (Å²) in [5, 5.41) is 20.6. The number of carbonyl (C=O) groups is 2. The minimum Gasteiger partial charge on any atom is -0.444 e. The third-order valence-electron chi connectivity index (χ3n) is 8.51. The molecule has 2 aromatic heterocycles. The topological polar surface area (TPSA) is 158 Å². The molecule has 2 N–H and O–H groups in total. The molecular weight excluding hydrogens is 596 g/mol. The van der Waals surface area contributed by atoms with Gasteiger partial charge in [-0.1, -0.05) is 34.6 Å². The molecule has 0 radical (unpaired) electrons. The summed E-state index contributed by atoms with van der Waals surface area (Å²) >= 11 is 0. The number of amides is 2. The highest BCUT2D eigenvalue weighted by molar-refractivity contribution is 6.74. The highest BCUT2D eigenvalue weighted by atomic mass is 28.4. The van der Waals surface area contributed by atoms with Crippen molar-refractivity contribution in [3.05, 3.63) is 24.2 Å². The average Bonchev–Trinajstić information content (AvgIpc) is 3.55. The van der Waals surface area contributed by atoms with Gasteiger partial charge in [0.2, 0.25) is 11.5 Å². The van der Waals surface area contributed by atoms with Crippen LogP contribution in [0.1, 0.15) is 74.9 Å². The second kappa shape index (κ2) is 11.9. The lowest BCUT2D eigenvalue weighted by molar-refractivity contribution is -0.204. The van der Waals surface area contributed by atoms with Crippen LogP contribution in [0.25, 0.3) is 5.52 Å². The van der Waals surface area contributed by atoms with Crippen molar-refractivity contribution < 1.29 is 33.0 Å². The van der Waals surface area contributed by atoms with Crippen LogP contribution in [0.4, 0.5) is 10.6 Å². The Morgan fingerprint density at radius 2 is 1.80 bits per heavy atom. The smallest absolute Gasteiger partial charge is 0.408 e. The van der Waals surface area contributed by atoms with Crippen molar-refractivity contribution in [2.24, 2.45) is 5.92 Å². The second-order valence-corrected chi connectivity index (χ2v) is 19.9. The van der Waals surface area contributed by atoms with Crippen molar-refractivity contribution in [1.82, 2.24) is 19.9 Å². The summed E-state index contributed by atoms with van der Waals surface area (Å²) in [6, 6.07) is 4.89. The lowest BCUT2D eigenvalue weighted by atomic mass is 9.92. The molecule has 2 aliphatic rings. The van der Waals surface area contributed by atoms with Gasteiger partial charge in [0.1, 0.15) is 47.9 Å². The van der Waals surface area contributed by atoms with Crippen LogP contribution in [-0.4, -0.2) is 77.3 Å². The van der Waals surface area contributed by atoms with Crippen molar-refractivity contribution in [1.29, 1.82) is 5.26 Å². The summed E-state index contributed by atoms with van der Waals surface area (Å²) in [4.78, 5) is 30.1. The third-order valence-corrected chi connectivity index (χ3v) is 13.0. The predicted octanol–water partition coefficient (Wildman–Crippen LogP) is 4.88. The lowest BCUT2D eigenvalue weighted by Gasteiger charge is -2.37. The van der Waals surface area contributed by atoms with Gasteiger partial charge in [0.05, 0.1) is 12.3 Å². The first-order valence-electron chi connectivity index (χ1n) is 15.3. The number of alkyl carbamates (subject to hydrolysis) is 1. The molecule has 5 atom stereocenters. The van der Waals surface area contributed by atoms with Gasteiger partial charge < -0.3 is 34.0 Å². The van der Waals surface area contributed by atoms with E-state index in [2.05, 4.69) is 60.7 Å². The largest absolute Gasteiger partial charge is 0.444 e. The predicted molar refractivity (Wildman–Crippen MR) is 169 cm³/mol. The summed E-state index contributed by atoms with van der Waals surface area (Å²) in [6.45, 7) is 23.5. The van der Waals surface area contributed by atoms with Crippen LogP contribution < -0.4 is 10.6 Å². The molecule has 0 aliphatic carbocycles. The molecule has 0 aromatic carbocycles. The third kappa shape index (κ3) is 7.02. The molecule has 2 aliphatic heterocycles. The van der Waals surface area contributed by atoms with E-state index in [1.807, 2.05) is 27.7 Å². The molecule has 1 unspecified atom stereocenters. The Morgan fingerprint density at radius 1 is 1.13 bits per heavy atom. The molecule has 0 spiro atoms. The van der Waals surface area contributed by atoms with Crippen molar-refractivity contribution in [3.8, 4) is 6.07 Å². The van der Waals surface area contributed by atoms with Crippen molar-refractivity contribution in [3.63, 3.8) is 0 Å². The number of rotatable bonds is 8. The van der Waals surface area contributed by atoms with Gasteiger partial charge in [-0.15, -0.1) is 0 Å². The molecule has 4 rings (SSSR count). The van der Waals surface area contributed by atoms with Gasteiger partial charge >= 0.3 is 6.09 Å². The normalized spacial score (nSPS) is 25.6. The van der Waals surface area contributed by atoms with E-state index >= 15 is 0 Å². The van der Waals surface area contributed by atoms with Gasteiger partial charge in [-0.2, -0.15) is 10.4 Å². The number of ether oxygens (including phenoxy) is 4. The molecule has 2 saturated heterocycles. The molecule has 13 nitrogen and oxygen atoms in total. The van der Waals surface area contributed by atoms with Crippen LogP contribution in [0.15, 0.2) is 18.5 Å². The van der Waals surface area contributed by atoms with E-state index in [1.54, 1.807) is 32.9 Å². The Kier molecular flexibility index (Phi) is 9.22. The number of nitrogens with one attached hydrogen (secondary N) is 2. The van der Waals surface area contributed by atoms with Crippen LogP contribution >= 0.6 is 0 Å². The number of hydrogen-bond acceptors (Lipinski definition) is 10. The minimum absolute atomic E-state index is 0.0177. The number of aromatic nitrogens is 3. The van der Waals surface area contributed by atoms with E-state index in [0.29, 0.717) is 11.2 Å². The quantitative estimate of drug-likeness (QED) is 0.380. The standard InChI is InChI=1S/C31H48N6O7Si/c1-18(2)22(35-27(39)44-28(3,4)5)26(38)36-25-19-13-14-21(37(19)34-17-33-25)31(16-32)24-23(42-30(9,10)43-24)20(41-31)15-40-45(11,12)29(6,7)8/h13-14,17-18,20,22-24H,15H2,1-12H3,(H,35,39)(H,33,34,36,38)/t20-,22?,23-,24-,31+/m1/s1. The molecule has 0 bridgehead atoms. The Morgan fingerprint density at radius 3 is 2.38 bits per heavy atom. The zero-order valence-electron chi connectivity index (χ0n) is 28.5. The van der Waals surface area contributed by atoms with Gasteiger partial charge in [-0.25, -0.2) is 14.3 Å². The maximum absolute atomic E-state index is 13.4. The van der Waals surface area contributed by atoms with E-state index in [4.69, 9.17) is 23.4 Å². The first kappa shape index (κ1) is 34.8. The first-order valence-corrected chi connectivity index (χ1v) is 18.2. The summed E-state index contributed by atoms with van der Waals surface area (Å²) in [5.41, 5.74) is -1.49. The summed E-state index contributed by atoms with van der Waals surface area (Å²) in [6.07, 6.45) is -1.35. The highest BCUT2D eigenvalue weighted by Crippen LogP contribution is 2.50. The first-order chi connectivity index (χ1) is 20.6. The van der Waals surface area contributed by atoms with Gasteiger partial charge in [0.25, 0.3) is 0 Å². The Bertz CT molecular complexity index is 1470. The SMILES string of the molecule is CC(C)C(NC(=O)OC(C)(C)C)C(=O)Nc1ncnn2c([C@]3(C#N)O[C@H](CO[Si](C)(C)C(C)(C)C)[C@H]4OC(C)(C)O[C@H]43)ccc12. The van der Waals surface area contributed by atoms with E-state index in [9.17, 15) is 14.9 Å². The fourth-order valence-electron chi connectivity index (χ4n) is 5.21. The fourth-order valence-corrected chi connectivity index (χ4v) is 6.23. The Hall–Kier alpha value is -3.09. The van der Waals surface area contributed by atoms with Crippen molar-refractivity contribution >= 4 is 31.7 Å². The summed E-state index contributed by atoms with van der Waals surface area (Å²) in [7, 11) is -2.14. The number of hydrogen-bond donors (Lipinski definition) is 2. The highest BCUT2D eigenvalue weighted by Gasteiger charge is 2.65. The Balaban J connectivity index is 1.65. The number of nitrogens with zero attached hydrogens (tertiary/aromatic N) is 4. The van der Waals surface area contributed by atoms with Gasteiger partial charge in [-0.05, 0) is 70.8 Å². The minimum atomic E-state index is -2.14. The van der Waals surface area contributed by atoms with Crippen LogP contribution in [0.2, 0.25) is 18.1 Å². The van der Waals surface area contributed by atoms with Crippen LogP contribution in [-0.2, 0) is 33.8 Å². The molecule has 2 amide bonds. The zero-order chi connectivity index (χ0) is 33.8. The second-order valence-electron chi connectivity index (χ2n) is 15.1. The van der Waals surface area contributed by atoms with Gasteiger partial charge in [-0.3, -0.25) is 4.79 Å². The summed E-state index contributed by atoms with van der Waals surface area (Å²) < 4.78 is 32.5. The number of nitriles is 1. The van der Waals surface area contributed by atoms with Crippen molar-refractivity contribution in [2.75, 3.05) is 11.9 Å². The monoisotopic (exact) mass is 644 g/mol. The molecule has 14 heteroatoms. The maximum atomic E-state index is 13.4. The van der Waals surface area contributed by atoms with E-state index < -0.39 is 61.7 Å². The van der Waals surface area contributed by atoms with Crippen LogP contribution in [0.5, 0.6) is 0 Å². The summed E-state index contributed by atoms with van der Waals surface area (Å²) in [5.74, 6) is -1.49. The van der Waals surface area contributed by atoms with Gasteiger partial charge in [0, 0.05) is 0 Å². The number of fused-ring (bicyclic) bond motifs is 2. The average molecular weight is 645 g/mol. The molecule has 2 fully saturated rings. The number of anilines is 1. The molecule has 45 heavy (non-hydrogen) atoms. The molecule has 248 valence electrons. The Labute approximate surface area is 266 Å².